The van der Waals surface area contributed by atoms with E-state index in [0.29, 0.717) is 37.7 Å². The SMILES string of the molecule is COC1CCC([C@@H]2CC(c3c(C(=O)O)n(C)c4ccccc34)N(C(=O)C3CCC(C(CF)NC(=O)OC(C)(C)C)CC3)[C@@H]2C(N)=O)CC1. The topological polar surface area (TPSA) is 153 Å². The van der Waals surface area contributed by atoms with E-state index in [4.69, 9.17) is 15.2 Å². The second-order valence-corrected chi connectivity index (χ2v) is 14.9. The summed E-state index contributed by atoms with van der Waals surface area (Å²) in [5, 5.41) is 13.9. The fourth-order valence-electron chi connectivity index (χ4n) is 8.74. The number of hydrogen-bond donors (Lipinski definition) is 3. The minimum Gasteiger partial charge on any atom is -0.477 e. The first-order valence-corrected chi connectivity index (χ1v) is 17.3. The highest BCUT2D eigenvalue weighted by Crippen LogP contribution is 2.51. The molecule has 1 aromatic carbocycles. The molecule has 12 heteroatoms. The number of nitrogens with two attached hydrogens (primary N) is 1. The number of aromatic nitrogens is 1. The fraction of sp³-hybridized carbons (Fsp3) is 0.667. The van der Waals surface area contributed by atoms with Gasteiger partial charge in [0.15, 0.2) is 0 Å². The fourth-order valence-corrected chi connectivity index (χ4v) is 8.74. The standard InChI is InChI=1S/C36H51FN4O7/c1-36(2,3)48-35(46)39-26(19-37)21-10-12-22(13-11-21)33(43)41-28(29-24-8-6-7-9-27(24)40(4)31(29)34(44)45)18-25(30(41)32(38)42)20-14-16-23(47-5)17-15-20/h6-9,20-23,25-26,28,30H,10-19H2,1-5H3,(H2,38,42)(H,39,46)(H,44,45)/t20?,21?,22?,23?,25-,26?,28?,30-/m0/s1. The first-order chi connectivity index (χ1) is 22.7. The number of aryl methyl sites for hydroxylation is 1. The van der Waals surface area contributed by atoms with Gasteiger partial charge in [-0.05, 0) is 102 Å². The summed E-state index contributed by atoms with van der Waals surface area (Å²) in [4.78, 5) is 54.9. The van der Waals surface area contributed by atoms with Crippen LogP contribution < -0.4 is 11.1 Å². The summed E-state index contributed by atoms with van der Waals surface area (Å²) in [6, 6.07) is 5.13. The zero-order chi connectivity index (χ0) is 34.9. The van der Waals surface area contributed by atoms with Gasteiger partial charge in [-0.15, -0.1) is 0 Å². The number of alkyl halides is 1. The first-order valence-electron chi connectivity index (χ1n) is 17.3. The molecule has 2 aliphatic carbocycles. The zero-order valence-corrected chi connectivity index (χ0v) is 28.7. The maximum atomic E-state index is 14.7. The van der Waals surface area contributed by atoms with Gasteiger partial charge in [0.25, 0.3) is 0 Å². The molecule has 1 aliphatic heterocycles. The van der Waals surface area contributed by atoms with Gasteiger partial charge in [-0.25, -0.2) is 14.0 Å². The van der Waals surface area contributed by atoms with E-state index in [-0.39, 0.29) is 35.5 Å². The van der Waals surface area contributed by atoms with Crippen LogP contribution in [0.15, 0.2) is 24.3 Å². The normalized spacial score (nSPS) is 28.6. The lowest BCUT2D eigenvalue weighted by atomic mass is 9.74. The average molecular weight is 671 g/mol. The minimum atomic E-state index is -1.11. The van der Waals surface area contributed by atoms with E-state index in [9.17, 15) is 28.7 Å². The average Bonchev–Trinajstić information content (AvgIpc) is 3.58. The van der Waals surface area contributed by atoms with Crippen molar-refractivity contribution in [2.45, 2.75) is 108 Å². The number of nitrogens with zero attached hydrogens (tertiary/aromatic N) is 2. The summed E-state index contributed by atoms with van der Waals surface area (Å²) in [5.74, 6) is -2.68. The first kappa shape index (κ1) is 35.6. The molecular formula is C36H51FN4O7. The number of primary amides is 1. The van der Waals surface area contributed by atoms with Crippen LogP contribution in [0.4, 0.5) is 9.18 Å². The van der Waals surface area contributed by atoms with E-state index < -0.39 is 54.3 Å². The Morgan fingerprint density at radius 2 is 1.69 bits per heavy atom. The smallest absolute Gasteiger partial charge is 0.407 e. The van der Waals surface area contributed by atoms with Gasteiger partial charge < -0.3 is 35.1 Å². The summed E-state index contributed by atoms with van der Waals surface area (Å²) >= 11 is 0. The highest BCUT2D eigenvalue weighted by atomic mass is 19.1. The van der Waals surface area contributed by atoms with E-state index in [1.165, 1.54) is 0 Å². The van der Waals surface area contributed by atoms with Crippen LogP contribution in [0.1, 0.15) is 101 Å². The molecule has 1 saturated heterocycles. The number of aromatic carboxylic acids is 1. The molecule has 5 rings (SSSR count). The van der Waals surface area contributed by atoms with Crippen LogP contribution in [-0.4, -0.2) is 76.0 Å². The number of carbonyl (C=O) groups is 4. The molecular weight excluding hydrogens is 619 g/mol. The highest BCUT2D eigenvalue weighted by Gasteiger charge is 2.53. The van der Waals surface area contributed by atoms with Crippen LogP contribution in [0, 0.1) is 23.7 Å². The number of rotatable bonds is 9. The number of fused-ring (bicyclic) bond motifs is 1. The Labute approximate surface area is 281 Å². The molecule has 2 aromatic rings. The molecule has 264 valence electrons. The van der Waals surface area contributed by atoms with Gasteiger partial charge >= 0.3 is 12.1 Å². The number of hydrogen-bond acceptors (Lipinski definition) is 6. The quantitative estimate of drug-likeness (QED) is 0.319. The Bertz CT molecular complexity index is 1500. The molecule has 3 amide bonds. The van der Waals surface area contributed by atoms with Crippen molar-refractivity contribution in [3.63, 3.8) is 0 Å². The lowest BCUT2D eigenvalue weighted by Crippen LogP contribution is -2.51. The number of carboxylic acids is 1. The molecule has 0 spiro atoms. The van der Waals surface area contributed by atoms with Gasteiger partial charge in [0.05, 0.1) is 18.2 Å². The number of para-hydroxylation sites is 1. The Kier molecular flexibility index (Phi) is 10.7. The lowest BCUT2D eigenvalue weighted by Gasteiger charge is -2.38. The predicted octanol–water partition coefficient (Wildman–Crippen LogP) is 5.49. The third-order valence-corrected chi connectivity index (χ3v) is 11.0. The summed E-state index contributed by atoms with van der Waals surface area (Å²) in [6.07, 6.45) is 5.10. The van der Waals surface area contributed by atoms with Gasteiger partial charge in [-0.3, -0.25) is 9.59 Å². The molecule has 2 saturated carbocycles. The molecule has 2 heterocycles. The Morgan fingerprint density at radius 1 is 1.04 bits per heavy atom. The number of amides is 3. The second kappa shape index (κ2) is 14.4. The third kappa shape index (κ3) is 7.18. The monoisotopic (exact) mass is 670 g/mol. The van der Waals surface area contributed by atoms with E-state index in [1.807, 2.05) is 24.3 Å². The highest BCUT2D eigenvalue weighted by molar-refractivity contribution is 5.99. The van der Waals surface area contributed by atoms with Crippen LogP contribution in [-0.2, 0) is 26.1 Å². The van der Waals surface area contributed by atoms with Crippen LogP contribution in [0.25, 0.3) is 10.9 Å². The van der Waals surface area contributed by atoms with Crippen molar-refractivity contribution in [2.75, 3.05) is 13.8 Å². The predicted molar refractivity (Wildman–Crippen MR) is 178 cm³/mol. The maximum Gasteiger partial charge on any atom is 0.407 e. The molecule has 0 bridgehead atoms. The molecule has 48 heavy (non-hydrogen) atoms. The molecule has 3 aliphatic rings. The zero-order valence-electron chi connectivity index (χ0n) is 28.7. The third-order valence-electron chi connectivity index (χ3n) is 11.0. The number of methoxy groups -OCH3 is 1. The molecule has 0 radical (unpaired) electrons. The number of likely N-dealkylation sites (tertiary alicyclic amines) is 1. The number of carboxylic acid groups (broad SMARTS) is 1. The number of nitrogens with one attached hydrogen (secondary N) is 1. The van der Waals surface area contributed by atoms with Crippen LogP contribution in [0.3, 0.4) is 0 Å². The number of benzene rings is 1. The largest absolute Gasteiger partial charge is 0.477 e. The molecule has 1 aromatic heterocycles. The van der Waals surface area contributed by atoms with Crippen molar-refractivity contribution in [3.05, 3.63) is 35.5 Å². The molecule has 2 unspecified atom stereocenters. The van der Waals surface area contributed by atoms with Crippen LogP contribution >= 0.6 is 0 Å². The van der Waals surface area contributed by atoms with Crippen molar-refractivity contribution in [3.8, 4) is 0 Å². The Hall–Kier alpha value is -3.67. The molecule has 11 nitrogen and oxygen atoms in total. The number of carbonyl (C=O) groups excluding carboxylic acids is 3. The maximum absolute atomic E-state index is 14.7. The second-order valence-electron chi connectivity index (χ2n) is 14.9. The van der Waals surface area contributed by atoms with Gasteiger partial charge in [0, 0.05) is 36.5 Å². The van der Waals surface area contributed by atoms with Crippen molar-refractivity contribution < 1.29 is 38.1 Å². The van der Waals surface area contributed by atoms with Crippen molar-refractivity contribution >= 4 is 34.8 Å². The number of halogens is 1. The van der Waals surface area contributed by atoms with Crippen molar-refractivity contribution in [1.82, 2.24) is 14.8 Å². The van der Waals surface area contributed by atoms with E-state index in [2.05, 4.69) is 5.32 Å². The minimum absolute atomic E-state index is 0.0914. The van der Waals surface area contributed by atoms with Crippen molar-refractivity contribution in [2.24, 2.45) is 36.5 Å². The van der Waals surface area contributed by atoms with Crippen LogP contribution in [0.5, 0.6) is 0 Å². The molecule has 4 N–H and O–H groups in total. The summed E-state index contributed by atoms with van der Waals surface area (Å²) in [7, 11) is 3.41. The molecule has 3 fully saturated rings. The van der Waals surface area contributed by atoms with Gasteiger partial charge in [-0.2, -0.15) is 0 Å². The van der Waals surface area contributed by atoms with Gasteiger partial charge in [-0.1, -0.05) is 18.2 Å². The number of ether oxygens (including phenoxy) is 2. The summed E-state index contributed by atoms with van der Waals surface area (Å²) < 4.78 is 26.7. The van der Waals surface area contributed by atoms with Gasteiger partial charge in [0.1, 0.15) is 24.0 Å². The van der Waals surface area contributed by atoms with Crippen LogP contribution in [0.2, 0.25) is 0 Å². The van der Waals surface area contributed by atoms with E-state index in [0.717, 1.165) is 36.6 Å². The van der Waals surface area contributed by atoms with E-state index >= 15 is 0 Å². The summed E-state index contributed by atoms with van der Waals surface area (Å²) in [5.41, 5.74) is 6.79. The van der Waals surface area contributed by atoms with Gasteiger partial charge in [0.2, 0.25) is 11.8 Å². The van der Waals surface area contributed by atoms with E-state index in [1.54, 1.807) is 44.4 Å². The number of alkyl carbamates (subject to hydrolysis) is 1. The lowest BCUT2D eigenvalue weighted by molar-refractivity contribution is -0.145. The Balaban J connectivity index is 1.46. The Morgan fingerprint density at radius 3 is 2.25 bits per heavy atom. The summed E-state index contributed by atoms with van der Waals surface area (Å²) in [6.45, 7) is 4.47. The van der Waals surface area contributed by atoms with Crippen molar-refractivity contribution in [1.29, 1.82) is 0 Å². The molecule has 4 atom stereocenters.